The van der Waals surface area contributed by atoms with Crippen molar-refractivity contribution in [3.8, 4) is 0 Å². The van der Waals surface area contributed by atoms with Crippen LogP contribution in [0.1, 0.15) is 41.4 Å². The van der Waals surface area contributed by atoms with E-state index in [0.29, 0.717) is 0 Å². The van der Waals surface area contributed by atoms with Crippen LogP contribution in [0.4, 0.5) is 22.7 Å². The Labute approximate surface area is 371 Å². The van der Waals surface area contributed by atoms with Crippen LogP contribution in [0.3, 0.4) is 0 Å². The van der Waals surface area contributed by atoms with E-state index in [1.807, 2.05) is 0 Å². The van der Waals surface area contributed by atoms with E-state index in [1.54, 1.807) is 0 Å². The first-order chi connectivity index (χ1) is 25.9. The third-order valence-electron chi connectivity index (χ3n) is 8.56. The van der Waals surface area contributed by atoms with E-state index >= 15 is 0 Å². The molecule has 4 aromatic carbocycles. The molecule has 4 aromatic rings. The molecule has 20 nitrogen and oxygen atoms in total. The van der Waals surface area contributed by atoms with Gasteiger partial charge in [0, 0.05) is 22.3 Å². The summed E-state index contributed by atoms with van der Waals surface area (Å²) in [5.74, 6) is -2.81. The molecule has 0 fully saturated rings. The maximum atomic E-state index is 12.7. The quantitative estimate of drug-likeness (QED) is 0.0645. The van der Waals surface area contributed by atoms with Crippen molar-refractivity contribution in [2.24, 2.45) is 0 Å². The molecule has 58 heavy (non-hydrogen) atoms. The van der Waals surface area contributed by atoms with Crippen molar-refractivity contribution < 1.29 is 130 Å². The Kier molecular flexibility index (Phi) is 12.0. The second-order valence-electron chi connectivity index (χ2n) is 12.0. The molecule has 4 aliphatic heterocycles. The van der Waals surface area contributed by atoms with Gasteiger partial charge in [-0.3, -0.25) is 28.3 Å². The Morgan fingerprint density at radius 1 is 0.379 bits per heavy atom. The van der Waals surface area contributed by atoms with Crippen molar-refractivity contribution in [2.75, 3.05) is 21.3 Å². The van der Waals surface area contributed by atoms with E-state index in [2.05, 4.69) is 21.3 Å². The number of ketones is 4. The molecule has 6 N–H and O–H groups in total. The van der Waals surface area contributed by atoms with Gasteiger partial charge in [-0.2, -0.15) is 16.8 Å². The fourth-order valence-corrected chi connectivity index (χ4v) is 7.93. The van der Waals surface area contributed by atoms with Crippen LogP contribution in [-0.2, 0) is 40.5 Å². The third-order valence-corrected chi connectivity index (χ3v) is 11.9. The number of anilines is 4. The smallest absolute Gasteiger partial charge is 0.744 e. The van der Waals surface area contributed by atoms with Gasteiger partial charge in [-0.1, -0.05) is 0 Å². The van der Waals surface area contributed by atoms with Crippen molar-refractivity contribution in [1.29, 1.82) is 0 Å². The minimum atomic E-state index is -4.77. The molecule has 4 heterocycles. The Morgan fingerprint density at radius 3 is 0.793 bits per heavy atom. The zero-order chi connectivity index (χ0) is 40.9. The minimum absolute atomic E-state index is 0. The number of carbonyl (C=O) groups excluding carboxylic acids is 4. The monoisotopic (exact) mass is 888 g/mol. The molecule has 0 saturated heterocycles. The Hall–Kier alpha value is -4.12. The predicted octanol–water partition coefficient (Wildman–Crippen LogP) is -4.06. The zero-order valence-corrected chi connectivity index (χ0v) is 36.4. The van der Waals surface area contributed by atoms with Crippen LogP contribution < -0.4 is 80.4 Å². The molecule has 0 atom stereocenters. The average Bonchev–Trinajstić information content (AvgIpc) is 3.83. The normalized spacial score (nSPS) is 17.9. The molecule has 0 aliphatic carbocycles. The summed E-state index contributed by atoms with van der Waals surface area (Å²) in [6.07, 6.45) is 0. The number of rotatable bonds is 4. The molecule has 0 spiro atoms. The standard InChI is InChI=1S/2C16H10N2O8S2.2Na/c2*19-15-9-5-7(27(21,22)23)1-3-11(9)17-13(15)14-16(20)10-6-8(28(24,25)26)2-4-12(10)18-14;;/h2*1-6,17-18H,(H,21,22,23)(H,24,25,26);;/q;;2*+1/p-2/b2*14-13+;;. The second kappa shape index (κ2) is 15.5. The maximum absolute atomic E-state index is 12.7. The summed E-state index contributed by atoms with van der Waals surface area (Å²) in [6.45, 7) is 0. The van der Waals surface area contributed by atoms with E-state index < -0.39 is 83.2 Å². The van der Waals surface area contributed by atoms with E-state index in [4.69, 9.17) is 9.11 Å². The summed E-state index contributed by atoms with van der Waals surface area (Å²) < 4.78 is 130. The first kappa shape index (κ1) is 45.0. The fourth-order valence-electron chi connectivity index (χ4n) is 5.92. The van der Waals surface area contributed by atoms with E-state index in [-0.39, 0.29) is 127 Å². The van der Waals surface area contributed by atoms with Crippen LogP contribution >= 0.6 is 0 Å². The predicted molar refractivity (Wildman–Crippen MR) is 187 cm³/mol. The van der Waals surface area contributed by atoms with Crippen LogP contribution in [0.25, 0.3) is 0 Å². The van der Waals surface area contributed by atoms with Gasteiger partial charge in [0.1, 0.15) is 43.0 Å². The molecule has 0 unspecified atom stereocenters. The summed E-state index contributed by atoms with van der Waals surface area (Å²) >= 11 is 0. The van der Waals surface area contributed by atoms with Crippen LogP contribution in [0.5, 0.6) is 0 Å². The summed E-state index contributed by atoms with van der Waals surface area (Å²) in [7, 11) is -18.6. The number of carbonyl (C=O) groups is 4. The molecule has 0 aromatic heterocycles. The summed E-state index contributed by atoms with van der Waals surface area (Å²) in [5.41, 5.74) is -0.125. The van der Waals surface area contributed by atoms with Gasteiger partial charge in [0.05, 0.1) is 42.3 Å². The van der Waals surface area contributed by atoms with Gasteiger partial charge >= 0.3 is 59.1 Å². The molecule has 8 rings (SSSR count). The molecule has 0 radical (unpaired) electrons. The number of fused-ring (bicyclic) bond motifs is 4. The minimum Gasteiger partial charge on any atom is -0.744 e. The fraction of sp³-hybridized carbons (Fsp3) is 0. The van der Waals surface area contributed by atoms with Gasteiger partial charge in [0.25, 0.3) is 20.2 Å². The first-order valence-electron chi connectivity index (χ1n) is 15.1. The number of allylic oxidation sites excluding steroid dienone is 4. The van der Waals surface area contributed by atoms with Crippen molar-refractivity contribution in [2.45, 2.75) is 19.6 Å². The van der Waals surface area contributed by atoms with E-state index in [9.17, 15) is 62.0 Å². The molecular weight excluding hydrogens is 871 g/mol. The Balaban J connectivity index is 0.000000214. The number of nitrogens with one attached hydrogen (secondary N) is 4. The second-order valence-corrected chi connectivity index (χ2v) is 17.6. The van der Waals surface area contributed by atoms with Gasteiger partial charge in [-0.15, -0.1) is 0 Å². The molecule has 0 saturated carbocycles. The molecule has 0 bridgehead atoms. The number of hydrogen-bond acceptors (Lipinski definition) is 18. The average molecular weight is 889 g/mol. The summed E-state index contributed by atoms with van der Waals surface area (Å²) in [4.78, 5) is 48.5. The SMILES string of the molecule is O=C1/C(=C2\Nc3ccc(S(=O)(=O)O)cc3C2=O)Nc2ccc(S(=O)(=O)[O-])cc21.O=C1/C(=C2\Nc3ccc(S(=O)(=O)O)cc3C2=O)Nc2ccc(S(=O)(=O)[O-])cc21.[Na+].[Na+]. The number of benzene rings is 4. The number of hydrogen-bond donors (Lipinski definition) is 6. The molecular formula is C32H18N4Na2O16S4. The summed E-state index contributed by atoms with van der Waals surface area (Å²) in [5, 5.41) is 10.8. The van der Waals surface area contributed by atoms with E-state index in [1.165, 1.54) is 24.3 Å². The Bertz CT molecular complexity index is 2700. The molecule has 288 valence electrons. The van der Waals surface area contributed by atoms with Gasteiger partial charge in [0.15, 0.2) is 0 Å². The van der Waals surface area contributed by atoms with Crippen LogP contribution in [-0.4, -0.2) is 75.0 Å². The van der Waals surface area contributed by atoms with E-state index in [0.717, 1.165) is 48.5 Å². The van der Waals surface area contributed by atoms with Gasteiger partial charge in [-0.05, 0) is 72.8 Å². The van der Waals surface area contributed by atoms with Gasteiger partial charge in [0.2, 0.25) is 23.1 Å². The van der Waals surface area contributed by atoms with Crippen molar-refractivity contribution in [3.63, 3.8) is 0 Å². The summed E-state index contributed by atoms with van der Waals surface area (Å²) in [6, 6.07) is 13.0. The maximum Gasteiger partial charge on any atom is 1.00 e. The zero-order valence-electron chi connectivity index (χ0n) is 29.2. The molecule has 4 aliphatic rings. The molecule has 0 amide bonds. The molecule has 26 heteroatoms. The Morgan fingerprint density at radius 2 is 0.586 bits per heavy atom. The number of Topliss-reactive ketones (excluding diaryl/α,β-unsaturated/α-hetero) is 4. The third kappa shape index (κ3) is 8.21. The van der Waals surface area contributed by atoms with Crippen LogP contribution in [0, 0.1) is 0 Å². The van der Waals surface area contributed by atoms with Crippen LogP contribution in [0.2, 0.25) is 0 Å². The largest absolute Gasteiger partial charge is 1.00 e. The van der Waals surface area contributed by atoms with Gasteiger partial charge < -0.3 is 30.4 Å². The first-order valence-corrected chi connectivity index (χ1v) is 20.8. The van der Waals surface area contributed by atoms with Crippen molar-refractivity contribution in [1.82, 2.24) is 0 Å². The topological polar surface area (TPSA) is 340 Å². The van der Waals surface area contributed by atoms with Crippen LogP contribution in [0.15, 0.2) is 115 Å². The van der Waals surface area contributed by atoms with Gasteiger partial charge in [-0.25, -0.2) is 16.8 Å². The van der Waals surface area contributed by atoms with Crippen molar-refractivity contribution >= 4 is 86.4 Å². The van der Waals surface area contributed by atoms with Crippen molar-refractivity contribution in [3.05, 3.63) is 118 Å².